The van der Waals surface area contributed by atoms with Gasteiger partial charge in [0.2, 0.25) is 5.88 Å². The number of ether oxygens (including phenoxy) is 1. The third-order valence-corrected chi connectivity index (χ3v) is 1.16. The smallest absolute Gasteiger partial charge is 0.449 e. The lowest BCUT2D eigenvalue weighted by Crippen LogP contribution is -2.03. The first kappa shape index (κ1) is 8.54. The molecule has 0 amide bonds. The molecule has 1 rings (SSSR count). The van der Waals surface area contributed by atoms with Crippen molar-refractivity contribution in [3.05, 3.63) is 12.5 Å². The maximum absolute atomic E-state index is 10.0. The highest BCUT2D eigenvalue weighted by molar-refractivity contribution is 5.60. The van der Waals surface area contributed by atoms with E-state index in [-0.39, 0.29) is 12.5 Å². The molecule has 1 aromatic heterocycles. The third-order valence-electron chi connectivity index (χ3n) is 1.16. The molecule has 6 heteroatoms. The second kappa shape index (κ2) is 3.72. The molecule has 0 saturated heterocycles. The Morgan fingerprint density at radius 3 is 3.08 bits per heavy atom. The number of carboxylic acid groups (broad SMARTS) is 1. The Bertz CT molecular complexity index is 270. The summed E-state index contributed by atoms with van der Waals surface area (Å²) in [7, 11) is 0. The molecule has 0 unspecified atom stereocenters. The molecule has 0 fully saturated rings. The summed E-state index contributed by atoms with van der Waals surface area (Å²) in [6.07, 6.45) is 1.38. The molecule has 2 N–H and O–H groups in total. The predicted octanol–water partition coefficient (Wildman–Crippen LogP) is -0.0678. The van der Waals surface area contributed by atoms with Gasteiger partial charge in [0.05, 0.1) is 19.1 Å². The highest BCUT2D eigenvalue weighted by Gasteiger charge is 2.03. The fourth-order valence-corrected chi connectivity index (χ4v) is 0.719. The molecule has 0 aliphatic rings. The average molecular weight is 172 g/mol. The molecule has 0 spiro atoms. The van der Waals surface area contributed by atoms with Gasteiger partial charge in [-0.15, -0.1) is 0 Å². The second-order valence-electron chi connectivity index (χ2n) is 2.04. The molecular weight excluding hydrogens is 164 g/mol. The number of aliphatic hydroxyl groups is 1. The first-order valence-electron chi connectivity index (χ1n) is 3.26. The largest absolute Gasteiger partial charge is 0.512 e. The number of carbonyl (C=O) groups is 1. The van der Waals surface area contributed by atoms with Crippen molar-refractivity contribution >= 4 is 6.16 Å². The van der Waals surface area contributed by atoms with E-state index >= 15 is 0 Å². The molecule has 1 heterocycles. The van der Waals surface area contributed by atoms with Gasteiger partial charge in [-0.05, 0) is 0 Å². The van der Waals surface area contributed by atoms with Crippen LogP contribution in [0, 0.1) is 0 Å². The summed E-state index contributed by atoms with van der Waals surface area (Å²) in [6, 6.07) is 0. The normalized spacial score (nSPS) is 9.75. The lowest BCUT2D eigenvalue weighted by atomic mass is 10.7. The lowest BCUT2D eigenvalue weighted by molar-refractivity contribution is 0.142. The van der Waals surface area contributed by atoms with Gasteiger partial charge in [0, 0.05) is 6.54 Å². The molecule has 0 radical (unpaired) electrons. The van der Waals surface area contributed by atoms with Crippen molar-refractivity contribution in [3.8, 4) is 5.88 Å². The van der Waals surface area contributed by atoms with Crippen LogP contribution in [0.25, 0.3) is 0 Å². The monoisotopic (exact) mass is 172 g/mol. The fourth-order valence-electron chi connectivity index (χ4n) is 0.719. The molecule has 0 aromatic carbocycles. The molecule has 1 aromatic rings. The quantitative estimate of drug-likeness (QED) is 0.623. The maximum Gasteiger partial charge on any atom is 0.512 e. The van der Waals surface area contributed by atoms with E-state index in [2.05, 4.69) is 9.72 Å². The van der Waals surface area contributed by atoms with Gasteiger partial charge in [-0.3, -0.25) is 0 Å². The molecule has 0 aliphatic carbocycles. The van der Waals surface area contributed by atoms with Crippen molar-refractivity contribution < 1.29 is 19.7 Å². The number of aromatic nitrogens is 2. The third kappa shape index (κ3) is 2.24. The summed E-state index contributed by atoms with van der Waals surface area (Å²) in [5.41, 5.74) is 0. The molecule has 0 aliphatic heterocycles. The highest BCUT2D eigenvalue weighted by Crippen LogP contribution is 2.05. The summed E-state index contributed by atoms with van der Waals surface area (Å²) in [4.78, 5) is 13.6. The first-order valence-corrected chi connectivity index (χ1v) is 3.26. The Kier molecular flexibility index (Phi) is 2.65. The van der Waals surface area contributed by atoms with Crippen LogP contribution in [0.5, 0.6) is 5.88 Å². The summed E-state index contributed by atoms with van der Waals surface area (Å²) in [5, 5.41) is 16.7. The summed E-state index contributed by atoms with van der Waals surface area (Å²) in [6.45, 7) is 0.346. The van der Waals surface area contributed by atoms with E-state index in [1.54, 1.807) is 0 Å². The first-order chi connectivity index (χ1) is 5.72. The van der Waals surface area contributed by atoms with Gasteiger partial charge in [-0.25, -0.2) is 9.78 Å². The lowest BCUT2D eigenvalue weighted by Gasteiger charge is -1.94. The van der Waals surface area contributed by atoms with Crippen molar-refractivity contribution in [1.29, 1.82) is 0 Å². The van der Waals surface area contributed by atoms with Crippen molar-refractivity contribution in [1.82, 2.24) is 9.55 Å². The summed E-state index contributed by atoms with van der Waals surface area (Å²) < 4.78 is 5.77. The van der Waals surface area contributed by atoms with E-state index in [9.17, 15) is 4.79 Å². The van der Waals surface area contributed by atoms with Crippen LogP contribution >= 0.6 is 0 Å². The van der Waals surface area contributed by atoms with Crippen LogP contribution in [-0.4, -0.2) is 32.5 Å². The minimum atomic E-state index is -1.40. The zero-order valence-corrected chi connectivity index (χ0v) is 6.17. The van der Waals surface area contributed by atoms with E-state index in [1.807, 2.05) is 0 Å². The highest BCUT2D eigenvalue weighted by atomic mass is 16.7. The van der Waals surface area contributed by atoms with Gasteiger partial charge in [0.25, 0.3) is 0 Å². The van der Waals surface area contributed by atoms with E-state index < -0.39 is 6.16 Å². The Labute approximate surface area is 68.0 Å². The minimum absolute atomic E-state index is 0.0101. The topological polar surface area (TPSA) is 84.6 Å². The number of hydrogen-bond acceptors (Lipinski definition) is 4. The molecule has 6 nitrogen and oxygen atoms in total. The number of rotatable bonds is 3. The average Bonchev–Trinajstić information content (AvgIpc) is 2.36. The van der Waals surface area contributed by atoms with Crippen molar-refractivity contribution in [2.45, 2.75) is 6.54 Å². The predicted molar refractivity (Wildman–Crippen MR) is 38.0 cm³/mol. The number of hydrogen-bond donors (Lipinski definition) is 2. The molecule has 66 valence electrons. The van der Waals surface area contributed by atoms with E-state index in [0.717, 1.165) is 0 Å². The van der Waals surface area contributed by atoms with Gasteiger partial charge in [-0.1, -0.05) is 0 Å². The van der Waals surface area contributed by atoms with Crippen LogP contribution in [0.2, 0.25) is 0 Å². The van der Waals surface area contributed by atoms with Gasteiger partial charge in [-0.2, -0.15) is 0 Å². The number of imidazole rings is 1. The summed E-state index contributed by atoms with van der Waals surface area (Å²) in [5.74, 6) is 0.0101. The molecule has 0 bridgehead atoms. The van der Waals surface area contributed by atoms with Gasteiger partial charge < -0.3 is 19.5 Å². The van der Waals surface area contributed by atoms with E-state index in [0.29, 0.717) is 6.54 Å². The van der Waals surface area contributed by atoms with Gasteiger partial charge >= 0.3 is 6.16 Å². The van der Waals surface area contributed by atoms with Crippen molar-refractivity contribution in [3.63, 3.8) is 0 Å². The molecule has 12 heavy (non-hydrogen) atoms. The SMILES string of the molecule is O=C(O)Oc1cn(CCO)cn1. The van der Waals surface area contributed by atoms with Crippen LogP contribution < -0.4 is 4.74 Å². The zero-order valence-electron chi connectivity index (χ0n) is 6.17. The van der Waals surface area contributed by atoms with Crippen LogP contribution in [0.15, 0.2) is 12.5 Å². The number of nitrogens with zero attached hydrogens (tertiary/aromatic N) is 2. The Balaban J connectivity index is 2.58. The standard InChI is InChI=1S/C6H8N2O4/c9-2-1-8-3-5(7-4-8)12-6(10)11/h3-4,9H,1-2H2,(H,10,11). The van der Waals surface area contributed by atoms with Crippen LogP contribution in [0.1, 0.15) is 0 Å². The van der Waals surface area contributed by atoms with Crippen molar-refractivity contribution in [2.24, 2.45) is 0 Å². The second-order valence-corrected chi connectivity index (χ2v) is 2.04. The van der Waals surface area contributed by atoms with E-state index in [1.165, 1.54) is 17.1 Å². The van der Waals surface area contributed by atoms with Crippen LogP contribution in [-0.2, 0) is 6.54 Å². The zero-order chi connectivity index (χ0) is 8.97. The van der Waals surface area contributed by atoms with E-state index in [4.69, 9.17) is 10.2 Å². The van der Waals surface area contributed by atoms with Crippen molar-refractivity contribution in [2.75, 3.05) is 6.61 Å². The molecule has 0 atom stereocenters. The Hall–Kier alpha value is -1.56. The van der Waals surface area contributed by atoms with Crippen LogP contribution in [0.3, 0.4) is 0 Å². The Morgan fingerprint density at radius 1 is 1.75 bits per heavy atom. The minimum Gasteiger partial charge on any atom is -0.449 e. The van der Waals surface area contributed by atoms with Gasteiger partial charge in [0.1, 0.15) is 0 Å². The number of aliphatic hydroxyl groups excluding tert-OH is 1. The molecular formula is C6H8N2O4. The maximum atomic E-state index is 10.0. The Morgan fingerprint density at radius 2 is 2.50 bits per heavy atom. The molecule has 0 saturated carbocycles. The fraction of sp³-hybridized carbons (Fsp3) is 0.333. The van der Waals surface area contributed by atoms with Crippen LogP contribution in [0.4, 0.5) is 4.79 Å². The van der Waals surface area contributed by atoms with Gasteiger partial charge in [0.15, 0.2) is 0 Å². The summed E-state index contributed by atoms with van der Waals surface area (Å²) >= 11 is 0.